The van der Waals surface area contributed by atoms with Crippen molar-refractivity contribution in [2.24, 2.45) is 0 Å². The molecule has 192 valence electrons. The van der Waals surface area contributed by atoms with E-state index in [4.69, 9.17) is 0 Å². The zero-order valence-corrected chi connectivity index (χ0v) is 23.3. The Kier molecular flexibility index (Phi) is 18.0. The number of hydrogen-bond acceptors (Lipinski definition) is 1. The highest BCUT2D eigenvalue weighted by atomic mass is 35.5. The summed E-state index contributed by atoms with van der Waals surface area (Å²) in [6, 6.07) is 17.7. The molecule has 2 aromatic carbocycles. The fraction of sp³-hybridized carbons (Fsp3) is 0.625. The van der Waals surface area contributed by atoms with Gasteiger partial charge in [0.1, 0.15) is 0 Å². The molecule has 0 radical (unpaired) electrons. The number of benzene rings is 2. The van der Waals surface area contributed by atoms with Gasteiger partial charge < -0.3 is 0 Å². The molecule has 0 aliphatic rings. The molecule has 2 aromatic rings. The normalized spacial score (nSPS) is 11.1. The maximum atomic E-state index is 2.66. The van der Waals surface area contributed by atoms with Crippen LogP contribution in [0.15, 0.2) is 48.5 Å². The van der Waals surface area contributed by atoms with Crippen molar-refractivity contribution in [3.8, 4) is 0 Å². The minimum atomic E-state index is 0. The minimum Gasteiger partial charge on any atom is -0.295 e. The Hall–Kier alpha value is -1.31. The molecule has 0 fully saturated rings. The van der Waals surface area contributed by atoms with Gasteiger partial charge >= 0.3 is 0 Å². The molecule has 0 bridgehead atoms. The molecule has 0 aliphatic carbocycles. The van der Waals surface area contributed by atoms with Crippen LogP contribution in [0, 0.1) is 13.8 Å². The van der Waals surface area contributed by atoms with Gasteiger partial charge in [-0.3, -0.25) is 4.90 Å². The summed E-state index contributed by atoms with van der Waals surface area (Å²) in [6.45, 7) is 10.1. The van der Waals surface area contributed by atoms with Crippen LogP contribution >= 0.6 is 12.4 Å². The van der Waals surface area contributed by atoms with Gasteiger partial charge in [0, 0.05) is 13.1 Å². The topological polar surface area (TPSA) is 3.24 Å². The van der Waals surface area contributed by atoms with Crippen LogP contribution in [-0.4, -0.2) is 11.4 Å². The summed E-state index contributed by atoms with van der Waals surface area (Å²) in [4.78, 5) is 2.66. The fourth-order valence-corrected chi connectivity index (χ4v) is 4.80. The van der Waals surface area contributed by atoms with E-state index in [-0.39, 0.29) is 12.4 Å². The van der Waals surface area contributed by atoms with Crippen molar-refractivity contribution in [3.05, 3.63) is 70.8 Å². The Morgan fingerprint density at radius 1 is 0.500 bits per heavy atom. The molecular formula is C32H52ClN. The summed E-state index contributed by atoms with van der Waals surface area (Å²) >= 11 is 0. The van der Waals surface area contributed by atoms with Crippen LogP contribution in [0.1, 0.15) is 119 Å². The molecule has 0 unspecified atom stereocenters. The number of nitrogens with zero attached hydrogens (tertiary/aromatic N) is 1. The van der Waals surface area contributed by atoms with Gasteiger partial charge in [-0.1, -0.05) is 139 Å². The second kappa shape index (κ2) is 19.9. The van der Waals surface area contributed by atoms with Gasteiger partial charge in [-0.2, -0.15) is 0 Å². The van der Waals surface area contributed by atoms with E-state index in [1.54, 1.807) is 0 Å². The lowest BCUT2D eigenvalue weighted by molar-refractivity contribution is 0.249. The third kappa shape index (κ3) is 13.5. The van der Waals surface area contributed by atoms with Gasteiger partial charge in [0.2, 0.25) is 0 Å². The van der Waals surface area contributed by atoms with Crippen molar-refractivity contribution < 1.29 is 0 Å². The van der Waals surface area contributed by atoms with E-state index in [2.05, 4.69) is 74.2 Å². The summed E-state index contributed by atoms with van der Waals surface area (Å²) in [6.07, 6.45) is 19.9. The van der Waals surface area contributed by atoms with Crippen molar-refractivity contribution in [3.63, 3.8) is 0 Å². The van der Waals surface area contributed by atoms with E-state index in [9.17, 15) is 0 Å². The lowest BCUT2D eigenvalue weighted by atomic mass is 10.0. The third-order valence-corrected chi connectivity index (χ3v) is 7.14. The molecule has 0 saturated carbocycles. The van der Waals surface area contributed by atoms with Gasteiger partial charge in [-0.25, -0.2) is 0 Å². The van der Waals surface area contributed by atoms with E-state index < -0.39 is 0 Å². The predicted octanol–water partition coefficient (Wildman–Crippen LogP) is 10.2. The fourth-order valence-electron chi connectivity index (χ4n) is 4.80. The molecule has 0 aromatic heterocycles. The SMILES string of the molecule is CCCCCCCCCCCCCCCCN(Cc1ccccc1C)Cc1ccccc1C.Cl. The first kappa shape index (κ1) is 30.7. The first-order valence-electron chi connectivity index (χ1n) is 14.0. The Balaban J connectivity index is 0.00000578. The summed E-state index contributed by atoms with van der Waals surface area (Å²) in [7, 11) is 0. The van der Waals surface area contributed by atoms with Crippen molar-refractivity contribution in [1.82, 2.24) is 4.90 Å². The maximum Gasteiger partial charge on any atom is 0.0239 e. The number of rotatable bonds is 19. The van der Waals surface area contributed by atoms with Crippen LogP contribution in [0.2, 0.25) is 0 Å². The Morgan fingerprint density at radius 2 is 0.853 bits per heavy atom. The smallest absolute Gasteiger partial charge is 0.0239 e. The van der Waals surface area contributed by atoms with Gasteiger partial charge in [0.15, 0.2) is 0 Å². The van der Waals surface area contributed by atoms with E-state index >= 15 is 0 Å². The van der Waals surface area contributed by atoms with Crippen molar-refractivity contribution in [2.75, 3.05) is 6.54 Å². The van der Waals surface area contributed by atoms with E-state index in [1.165, 1.54) is 119 Å². The van der Waals surface area contributed by atoms with Crippen molar-refractivity contribution in [2.45, 2.75) is 124 Å². The van der Waals surface area contributed by atoms with E-state index in [1.807, 2.05) is 0 Å². The Bertz CT molecular complexity index is 694. The van der Waals surface area contributed by atoms with Crippen LogP contribution in [0.25, 0.3) is 0 Å². The van der Waals surface area contributed by atoms with Crippen LogP contribution < -0.4 is 0 Å². The van der Waals surface area contributed by atoms with E-state index in [0.717, 1.165) is 13.1 Å². The van der Waals surface area contributed by atoms with Crippen LogP contribution in [-0.2, 0) is 13.1 Å². The molecule has 34 heavy (non-hydrogen) atoms. The number of aryl methyl sites for hydroxylation is 2. The number of hydrogen-bond donors (Lipinski definition) is 0. The zero-order chi connectivity index (χ0) is 23.6. The maximum absolute atomic E-state index is 2.66. The first-order valence-corrected chi connectivity index (χ1v) is 14.0. The lowest BCUT2D eigenvalue weighted by Gasteiger charge is -2.24. The molecule has 0 N–H and O–H groups in total. The molecule has 2 rings (SSSR count). The minimum absolute atomic E-state index is 0. The monoisotopic (exact) mass is 485 g/mol. The number of unbranched alkanes of at least 4 members (excludes halogenated alkanes) is 13. The molecule has 0 amide bonds. The third-order valence-electron chi connectivity index (χ3n) is 7.14. The van der Waals surface area contributed by atoms with Gasteiger partial charge in [0.05, 0.1) is 0 Å². The van der Waals surface area contributed by atoms with Gasteiger partial charge in [-0.15, -0.1) is 12.4 Å². The van der Waals surface area contributed by atoms with Crippen molar-refractivity contribution >= 4 is 12.4 Å². The second-order valence-electron chi connectivity index (χ2n) is 10.2. The molecule has 1 nitrogen and oxygen atoms in total. The average molecular weight is 486 g/mol. The highest BCUT2D eigenvalue weighted by Gasteiger charge is 2.10. The molecule has 2 heteroatoms. The largest absolute Gasteiger partial charge is 0.295 e. The summed E-state index contributed by atoms with van der Waals surface area (Å²) in [5, 5.41) is 0. The number of halogens is 1. The van der Waals surface area contributed by atoms with Gasteiger partial charge in [-0.05, 0) is 49.1 Å². The Labute approximate surface area is 218 Å². The second-order valence-corrected chi connectivity index (χ2v) is 10.2. The zero-order valence-electron chi connectivity index (χ0n) is 22.5. The van der Waals surface area contributed by atoms with Crippen molar-refractivity contribution in [1.29, 1.82) is 0 Å². The predicted molar refractivity (Wildman–Crippen MR) is 154 cm³/mol. The van der Waals surface area contributed by atoms with Gasteiger partial charge in [0.25, 0.3) is 0 Å². The average Bonchev–Trinajstić information content (AvgIpc) is 2.82. The quantitative estimate of drug-likeness (QED) is 0.179. The molecule has 0 atom stereocenters. The molecule has 0 aliphatic heterocycles. The van der Waals surface area contributed by atoms with Crippen LogP contribution in [0.3, 0.4) is 0 Å². The molecule has 0 saturated heterocycles. The summed E-state index contributed by atoms with van der Waals surface area (Å²) in [5.74, 6) is 0. The molecule has 0 spiro atoms. The van der Waals surface area contributed by atoms with Crippen LogP contribution in [0.4, 0.5) is 0 Å². The standard InChI is InChI=1S/C32H51N.ClH/c1-4-5-6-7-8-9-10-11-12-13-14-15-16-21-26-33(27-31-24-19-17-22-29(31)2)28-32-25-20-18-23-30(32)3;/h17-20,22-25H,4-16,21,26-28H2,1-3H3;1H. The first-order chi connectivity index (χ1) is 16.2. The molecular weight excluding hydrogens is 434 g/mol. The summed E-state index contributed by atoms with van der Waals surface area (Å²) in [5.41, 5.74) is 5.76. The summed E-state index contributed by atoms with van der Waals surface area (Å²) < 4.78 is 0. The van der Waals surface area contributed by atoms with E-state index in [0.29, 0.717) is 0 Å². The highest BCUT2D eigenvalue weighted by Crippen LogP contribution is 2.18. The Morgan fingerprint density at radius 3 is 1.24 bits per heavy atom. The lowest BCUT2D eigenvalue weighted by Crippen LogP contribution is -2.25. The highest BCUT2D eigenvalue weighted by molar-refractivity contribution is 5.85. The van der Waals surface area contributed by atoms with Crippen LogP contribution in [0.5, 0.6) is 0 Å². The molecule has 0 heterocycles.